The number of hydrogen-bond acceptors (Lipinski definition) is 3. The number of furan rings is 1. The largest absolute Gasteiger partial charge is 0.456 e. The summed E-state index contributed by atoms with van der Waals surface area (Å²) in [6.45, 7) is 0. The fourth-order valence-electron chi connectivity index (χ4n) is 7.06. The van der Waals surface area contributed by atoms with Crippen molar-refractivity contribution in [1.29, 1.82) is 0 Å². The quantitative estimate of drug-likeness (QED) is 0.221. The highest BCUT2D eigenvalue weighted by Crippen LogP contribution is 2.52. The standard InChI is InChI=1S/C41H26N2OS/c1-2-8-25(9-3-1)29-16-20-37-33(23-29)39-38(44-37)21-19-34-40(39)45-41(42-34)26-14-17-30(18-15-26)43-35-13-7-6-12-31(35)32-22-27-10-4-5-11-28(27)24-36(32)43/h1-24,41-42H. The van der Waals surface area contributed by atoms with Crippen molar-refractivity contribution in [3.05, 3.63) is 151 Å². The zero-order valence-electron chi connectivity index (χ0n) is 24.2. The van der Waals surface area contributed by atoms with Gasteiger partial charge in [-0.1, -0.05) is 103 Å². The molecule has 0 saturated heterocycles. The first-order valence-electron chi connectivity index (χ1n) is 15.3. The van der Waals surface area contributed by atoms with E-state index in [9.17, 15) is 0 Å². The van der Waals surface area contributed by atoms with E-state index in [2.05, 4.69) is 155 Å². The second-order valence-corrected chi connectivity index (χ2v) is 12.9. The molecule has 1 unspecified atom stereocenters. The fourth-order valence-corrected chi connectivity index (χ4v) is 8.35. The van der Waals surface area contributed by atoms with Crippen LogP contribution in [-0.4, -0.2) is 4.57 Å². The number of anilines is 1. The van der Waals surface area contributed by atoms with Crippen LogP contribution in [0.5, 0.6) is 0 Å². The number of nitrogens with one attached hydrogen (secondary N) is 1. The van der Waals surface area contributed by atoms with Crippen LogP contribution in [0.1, 0.15) is 10.9 Å². The Bertz CT molecular complexity index is 2600. The van der Waals surface area contributed by atoms with Gasteiger partial charge in [0.05, 0.1) is 11.0 Å². The predicted octanol–water partition coefficient (Wildman–Crippen LogP) is 11.7. The van der Waals surface area contributed by atoms with Gasteiger partial charge in [-0.25, -0.2) is 0 Å². The summed E-state index contributed by atoms with van der Waals surface area (Å²) in [5, 5.41) is 11.3. The van der Waals surface area contributed by atoms with Gasteiger partial charge in [-0.2, -0.15) is 0 Å². The average Bonchev–Trinajstić information content (AvgIpc) is 3.79. The van der Waals surface area contributed by atoms with Crippen LogP contribution < -0.4 is 5.32 Å². The SMILES string of the molecule is c1ccc(-c2ccc3oc4ccc5c(c4c3c2)SC(c2ccc(-n3c4ccccc4c4cc6ccccc6cc43)cc2)N5)cc1. The molecule has 3 heterocycles. The van der Waals surface area contributed by atoms with E-state index in [0.717, 1.165) is 27.9 Å². The third-order valence-corrected chi connectivity index (χ3v) is 10.5. The average molecular weight is 595 g/mol. The summed E-state index contributed by atoms with van der Waals surface area (Å²) < 4.78 is 8.72. The van der Waals surface area contributed by atoms with Crippen molar-refractivity contribution in [3.8, 4) is 16.8 Å². The third kappa shape index (κ3) is 3.79. The first-order chi connectivity index (χ1) is 22.3. The topological polar surface area (TPSA) is 30.1 Å². The van der Waals surface area contributed by atoms with Crippen LogP contribution in [0.15, 0.2) is 155 Å². The predicted molar refractivity (Wildman–Crippen MR) is 190 cm³/mol. The minimum absolute atomic E-state index is 0.115. The lowest BCUT2D eigenvalue weighted by molar-refractivity contribution is 0.668. The fraction of sp³-hybridized carbons (Fsp3) is 0.0244. The number of aromatic nitrogens is 1. The van der Waals surface area contributed by atoms with Gasteiger partial charge in [0, 0.05) is 37.8 Å². The molecule has 4 heteroatoms. The summed E-state index contributed by atoms with van der Waals surface area (Å²) >= 11 is 1.87. The van der Waals surface area contributed by atoms with Gasteiger partial charge >= 0.3 is 0 Å². The normalized spacial score (nSPS) is 14.5. The number of para-hydroxylation sites is 1. The number of hydrogen-bond donors (Lipinski definition) is 1. The summed E-state index contributed by atoms with van der Waals surface area (Å²) in [7, 11) is 0. The zero-order chi connectivity index (χ0) is 29.5. The molecule has 10 rings (SSSR count). The van der Waals surface area contributed by atoms with E-state index < -0.39 is 0 Å². The number of nitrogens with zero attached hydrogens (tertiary/aromatic N) is 1. The van der Waals surface area contributed by atoms with Gasteiger partial charge in [-0.3, -0.25) is 0 Å². The van der Waals surface area contributed by atoms with Gasteiger partial charge in [0.25, 0.3) is 0 Å². The summed E-state index contributed by atoms with van der Waals surface area (Å²) in [5.74, 6) is 0. The molecule has 7 aromatic carbocycles. The van der Waals surface area contributed by atoms with Crippen molar-refractivity contribution in [2.45, 2.75) is 10.3 Å². The summed E-state index contributed by atoms with van der Waals surface area (Å²) in [5.41, 5.74) is 10.3. The molecule has 3 nitrogen and oxygen atoms in total. The molecular weight excluding hydrogens is 569 g/mol. The zero-order valence-corrected chi connectivity index (χ0v) is 25.0. The Labute approximate surface area is 263 Å². The Morgan fingerprint density at radius 1 is 0.556 bits per heavy atom. The molecule has 9 aromatic rings. The van der Waals surface area contributed by atoms with E-state index >= 15 is 0 Å². The molecule has 212 valence electrons. The third-order valence-electron chi connectivity index (χ3n) is 9.21. The van der Waals surface area contributed by atoms with E-state index in [1.54, 1.807) is 0 Å². The van der Waals surface area contributed by atoms with Gasteiger partial charge < -0.3 is 14.3 Å². The van der Waals surface area contributed by atoms with Crippen LogP contribution in [-0.2, 0) is 0 Å². The van der Waals surface area contributed by atoms with E-state index in [-0.39, 0.29) is 5.37 Å². The molecule has 1 aliphatic heterocycles. The highest BCUT2D eigenvalue weighted by molar-refractivity contribution is 8.00. The van der Waals surface area contributed by atoms with E-state index in [1.165, 1.54) is 59.6 Å². The summed E-state index contributed by atoms with van der Waals surface area (Å²) in [4.78, 5) is 1.25. The molecule has 0 saturated carbocycles. The molecule has 0 radical (unpaired) electrons. The van der Waals surface area contributed by atoms with Crippen LogP contribution in [0.3, 0.4) is 0 Å². The molecule has 2 aromatic heterocycles. The number of rotatable bonds is 3. The lowest BCUT2D eigenvalue weighted by atomic mass is 10.0. The van der Waals surface area contributed by atoms with Crippen LogP contribution >= 0.6 is 11.8 Å². The first kappa shape index (κ1) is 24.9. The molecule has 0 bridgehead atoms. The highest BCUT2D eigenvalue weighted by Gasteiger charge is 2.27. The second-order valence-electron chi connectivity index (χ2n) is 11.8. The minimum atomic E-state index is 0.115. The van der Waals surface area contributed by atoms with Crippen LogP contribution in [0.4, 0.5) is 5.69 Å². The maximum Gasteiger partial charge on any atom is 0.136 e. The maximum atomic E-state index is 6.32. The smallest absolute Gasteiger partial charge is 0.136 e. The molecule has 0 fully saturated rings. The molecule has 1 aliphatic rings. The second kappa shape index (κ2) is 9.52. The van der Waals surface area contributed by atoms with Gasteiger partial charge in [0.1, 0.15) is 16.5 Å². The lowest BCUT2D eigenvalue weighted by Gasteiger charge is -2.13. The van der Waals surface area contributed by atoms with Crippen LogP contribution in [0, 0.1) is 0 Å². The highest BCUT2D eigenvalue weighted by atomic mass is 32.2. The van der Waals surface area contributed by atoms with Crippen LogP contribution in [0.2, 0.25) is 0 Å². The van der Waals surface area contributed by atoms with Gasteiger partial charge in [0.15, 0.2) is 0 Å². The van der Waals surface area contributed by atoms with E-state index in [0.29, 0.717) is 0 Å². The van der Waals surface area contributed by atoms with Gasteiger partial charge in [-0.15, -0.1) is 0 Å². The number of thioether (sulfide) groups is 1. The summed E-state index contributed by atoms with van der Waals surface area (Å²) in [6, 6.07) is 52.4. The van der Waals surface area contributed by atoms with Crippen molar-refractivity contribution in [2.24, 2.45) is 0 Å². The molecule has 0 amide bonds. The molecule has 1 N–H and O–H groups in total. The maximum absolute atomic E-state index is 6.32. The van der Waals surface area contributed by atoms with Crippen molar-refractivity contribution in [1.82, 2.24) is 4.57 Å². The van der Waals surface area contributed by atoms with Crippen molar-refractivity contribution >= 4 is 72.0 Å². The Morgan fingerprint density at radius 3 is 2.18 bits per heavy atom. The first-order valence-corrected chi connectivity index (χ1v) is 16.2. The van der Waals surface area contributed by atoms with Crippen molar-refractivity contribution < 1.29 is 4.42 Å². The van der Waals surface area contributed by atoms with E-state index in [4.69, 9.17) is 4.42 Å². The van der Waals surface area contributed by atoms with Crippen LogP contribution in [0.25, 0.3) is 71.3 Å². The molecule has 0 aliphatic carbocycles. The molecule has 45 heavy (non-hydrogen) atoms. The Morgan fingerprint density at radius 2 is 1.31 bits per heavy atom. The number of fused-ring (bicyclic) bond motifs is 9. The molecule has 1 atom stereocenters. The van der Waals surface area contributed by atoms with Crippen molar-refractivity contribution in [3.63, 3.8) is 0 Å². The summed E-state index contributed by atoms with van der Waals surface area (Å²) in [6.07, 6.45) is 0. The van der Waals surface area contributed by atoms with E-state index in [1.807, 2.05) is 11.8 Å². The van der Waals surface area contributed by atoms with Gasteiger partial charge in [0.2, 0.25) is 0 Å². The van der Waals surface area contributed by atoms with Crippen molar-refractivity contribution in [2.75, 3.05) is 5.32 Å². The molecular formula is C41H26N2OS. The Balaban J connectivity index is 1.04. The monoisotopic (exact) mass is 594 g/mol. The Hall–Kier alpha value is -5.45. The number of benzene rings is 7. The Kier molecular flexibility index (Phi) is 5.28. The van der Waals surface area contributed by atoms with Gasteiger partial charge in [-0.05, 0) is 82.1 Å². The lowest BCUT2D eigenvalue weighted by Crippen LogP contribution is -2.01. The molecule has 0 spiro atoms. The minimum Gasteiger partial charge on any atom is -0.456 e.